The molecule has 0 radical (unpaired) electrons. The maximum absolute atomic E-state index is 11.4. The van der Waals surface area contributed by atoms with Crippen molar-refractivity contribution in [3.05, 3.63) is 24.0 Å². The van der Waals surface area contributed by atoms with E-state index in [1.54, 1.807) is 6.92 Å². The van der Waals surface area contributed by atoms with E-state index >= 15 is 0 Å². The smallest absolute Gasteiger partial charge is 0.343 e. The molecule has 0 aromatic carbocycles. The van der Waals surface area contributed by atoms with Crippen molar-refractivity contribution in [2.75, 3.05) is 7.11 Å². The van der Waals surface area contributed by atoms with Gasteiger partial charge in [0.1, 0.15) is 29.0 Å². The minimum Gasteiger partial charge on any atom is -0.465 e. The predicted octanol–water partition coefficient (Wildman–Crippen LogP) is 1.42. The van der Waals surface area contributed by atoms with Crippen LogP contribution >= 0.6 is 0 Å². The van der Waals surface area contributed by atoms with Gasteiger partial charge in [0.15, 0.2) is 6.39 Å². The molecular formula is C9H8N2O4. The molecule has 0 amide bonds. The molecule has 0 unspecified atom stereocenters. The number of methoxy groups -OCH3 is 1. The number of hydrogen-bond donors (Lipinski definition) is 0. The first-order valence-electron chi connectivity index (χ1n) is 4.17. The Hall–Kier alpha value is -2.11. The van der Waals surface area contributed by atoms with Crippen LogP contribution in [0, 0.1) is 6.92 Å². The van der Waals surface area contributed by atoms with E-state index in [2.05, 4.69) is 14.9 Å². The number of rotatable bonds is 2. The fourth-order valence-corrected chi connectivity index (χ4v) is 1.22. The zero-order valence-corrected chi connectivity index (χ0v) is 8.18. The zero-order valence-electron chi connectivity index (χ0n) is 8.18. The van der Waals surface area contributed by atoms with Gasteiger partial charge in [0.2, 0.25) is 0 Å². The molecule has 0 saturated heterocycles. The second-order valence-electron chi connectivity index (χ2n) is 2.83. The van der Waals surface area contributed by atoms with Gasteiger partial charge in [-0.3, -0.25) is 0 Å². The number of aromatic nitrogens is 2. The summed E-state index contributed by atoms with van der Waals surface area (Å²) in [6.45, 7) is 1.63. The maximum Gasteiger partial charge on any atom is 0.343 e. The lowest BCUT2D eigenvalue weighted by Gasteiger charge is -1.96. The summed E-state index contributed by atoms with van der Waals surface area (Å²) in [5.41, 5.74) is 1.03. The van der Waals surface area contributed by atoms with Gasteiger partial charge in [-0.25, -0.2) is 9.78 Å². The van der Waals surface area contributed by atoms with E-state index in [1.807, 2.05) is 0 Å². The Morgan fingerprint density at radius 3 is 2.93 bits per heavy atom. The van der Waals surface area contributed by atoms with Gasteiger partial charge in [-0.15, -0.1) is 0 Å². The van der Waals surface area contributed by atoms with Crippen molar-refractivity contribution in [2.24, 2.45) is 0 Å². The summed E-state index contributed by atoms with van der Waals surface area (Å²) in [5, 5.41) is 3.73. The highest BCUT2D eigenvalue weighted by molar-refractivity contribution is 5.96. The summed E-state index contributed by atoms with van der Waals surface area (Å²) in [6.07, 6.45) is 2.63. The maximum atomic E-state index is 11.4. The first-order chi connectivity index (χ1) is 7.24. The molecule has 2 aromatic rings. The van der Waals surface area contributed by atoms with E-state index in [4.69, 9.17) is 8.94 Å². The van der Waals surface area contributed by atoms with Crippen LogP contribution in [0.1, 0.15) is 16.1 Å². The highest BCUT2D eigenvalue weighted by atomic mass is 16.5. The molecule has 0 bridgehead atoms. The SMILES string of the molecule is COC(=O)c1c(-c2cocn2)noc1C. The van der Waals surface area contributed by atoms with Gasteiger partial charge in [0, 0.05) is 0 Å². The van der Waals surface area contributed by atoms with E-state index in [0.29, 0.717) is 17.1 Å². The lowest BCUT2D eigenvalue weighted by atomic mass is 10.1. The number of nitrogens with zero attached hydrogens (tertiary/aromatic N) is 2. The minimum absolute atomic E-state index is 0.270. The van der Waals surface area contributed by atoms with Gasteiger partial charge in [-0.1, -0.05) is 5.16 Å². The topological polar surface area (TPSA) is 78.4 Å². The second-order valence-corrected chi connectivity index (χ2v) is 2.83. The minimum atomic E-state index is -0.508. The summed E-state index contributed by atoms with van der Waals surface area (Å²) in [5.74, 6) is -0.119. The Kier molecular flexibility index (Phi) is 2.24. The van der Waals surface area contributed by atoms with Crippen LogP contribution in [0.25, 0.3) is 11.4 Å². The molecule has 2 rings (SSSR count). The molecule has 78 valence electrons. The van der Waals surface area contributed by atoms with E-state index in [1.165, 1.54) is 19.8 Å². The van der Waals surface area contributed by atoms with E-state index in [9.17, 15) is 4.79 Å². The van der Waals surface area contributed by atoms with Crippen LogP contribution in [0.15, 0.2) is 21.6 Å². The molecule has 0 aliphatic carbocycles. The van der Waals surface area contributed by atoms with Crippen LogP contribution < -0.4 is 0 Å². The summed E-state index contributed by atoms with van der Waals surface area (Å²) < 4.78 is 14.3. The van der Waals surface area contributed by atoms with Gasteiger partial charge in [-0.2, -0.15) is 0 Å². The van der Waals surface area contributed by atoms with Crippen LogP contribution in [-0.2, 0) is 4.74 Å². The van der Waals surface area contributed by atoms with Gasteiger partial charge in [-0.05, 0) is 6.92 Å². The van der Waals surface area contributed by atoms with Gasteiger partial charge >= 0.3 is 5.97 Å². The lowest BCUT2D eigenvalue weighted by Crippen LogP contribution is -2.03. The van der Waals surface area contributed by atoms with Gasteiger partial charge in [0.25, 0.3) is 0 Å². The predicted molar refractivity (Wildman–Crippen MR) is 48.1 cm³/mol. The summed E-state index contributed by atoms with van der Waals surface area (Å²) in [6, 6.07) is 0. The number of ether oxygens (including phenoxy) is 1. The molecular weight excluding hydrogens is 200 g/mol. The van der Waals surface area contributed by atoms with Gasteiger partial charge < -0.3 is 13.7 Å². The number of aryl methyl sites for hydroxylation is 1. The Bertz CT molecular complexity index is 472. The van der Waals surface area contributed by atoms with Crippen molar-refractivity contribution in [1.82, 2.24) is 10.1 Å². The Labute approximate surface area is 84.8 Å². The third-order valence-corrected chi connectivity index (χ3v) is 1.93. The number of esters is 1. The van der Waals surface area contributed by atoms with Crippen molar-refractivity contribution >= 4 is 5.97 Å². The number of carbonyl (C=O) groups is 1. The van der Waals surface area contributed by atoms with E-state index in [0.717, 1.165) is 0 Å². The summed E-state index contributed by atoms with van der Waals surface area (Å²) >= 11 is 0. The molecule has 6 nitrogen and oxygen atoms in total. The Morgan fingerprint density at radius 1 is 1.53 bits per heavy atom. The van der Waals surface area contributed by atoms with Crippen LogP contribution in [0.3, 0.4) is 0 Å². The van der Waals surface area contributed by atoms with Crippen LogP contribution in [0.5, 0.6) is 0 Å². The van der Waals surface area contributed by atoms with Crippen molar-refractivity contribution in [1.29, 1.82) is 0 Å². The number of oxazole rings is 1. The van der Waals surface area contributed by atoms with Crippen LogP contribution in [0.4, 0.5) is 0 Å². The third-order valence-electron chi connectivity index (χ3n) is 1.93. The van der Waals surface area contributed by atoms with Crippen LogP contribution in [0.2, 0.25) is 0 Å². The van der Waals surface area contributed by atoms with E-state index in [-0.39, 0.29) is 5.56 Å². The standard InChI is InChI=1S/C9H8N2O4/c1-5-7(9(12)13-2)8(11-15-5)6-3-14-4-10-6/h3-4H,1-2H3. The van der Waals surface area contributed by atoms with E-state index < -0.39 is 5.97 Å². The zero-order chi connectivity index (χ0) is 10.8. The third kappa shape index (κ3) is 1.50. The molecule has 0 N–H and O–H groups in total. The lowest BCUT2D eigenvalue weighted by molar-refractivity contribution is 0.0599. The first-order valence-corrected chi connectivity index (χ1v) is 4.17. The molecule has 0 saturated carbocycles. The molecule has 0 atom stereocenters. The molecule has 0 fully saturated rings. The van der Waals surface area contributed by atoms with Crippen molar-refractivity contribution in [2.45, 2.75) is 6.92 Å². The summed E-state index contributed by atoms with van der Waals surface area (Å²) in [4.78, 5) is 15.3. The van der Waals surface area contributed by atoms with Crippen molar-refractivity contribution < 1.29 is 18.5 Å². The van der Waals surface area contributed by atoms with Crippen molar-refractivity contribution in [3.63, 3.8) is 0 Å². The monoisotopic (exact) mass is 208 g/mol. The molecule has 2 aromatic heterocycles. The molecule has 2 heterocycles. The quantitative estimate of drug-likeness (QED) is 0.694. The Morgan fingerprint density at radius 2 is 2.33 bits per heavy atom. The average molecular weight is 208 g/mol. The molecule has 0 aliphatic rings. The normalized spacial score (nSPS) is 10.3. The molecule has 0 spiro atoms. The largest absolute Gasteiger partial charge is 0.465 e. The highest BCUT2D eigenvalue weighted by Gasteiger charge is 2.23. The molecule has 6 heteroatoms. The Balaban J connectivity index is 2.54. The molecule has 0 aliphatic heterocycles. The fourth-order valence-electron chi connectivity index (χ4n) is 1.22. The number of carbonyl (C=O) groups excluding carboxylic acids is 1. The number of hydrogen-bond acceptors (Lipinski definition) is 6. The average Bonchev–Trinajstić information content (AvgIpc) is 2.85. The summed E-state index contributed by atoms with van der Waals surface area (Å²) in [7, 11) is 1.29. The molecule has 15 heavy (non-hydrogen) atoms. The second kappa shape index (κ2) is 3.56. The van der Waals surface area contributed by atoms with Gasteiger partial charge in [0.05, 0.1) is 7.11 Å². The highest BCUT2D eigenvalue weighted by Crippen LogP contribution is 2.24. The first kappa shape index (κ1) is 9.45. The fraction of sp³-hybridized carbons (Fsp3) is 0.222. The van der Waals surface area contributed by atoms with Crippen LogP contribution in [-0.4, -0.2) is 23.2 Å². The van der Waals surface area contributed by atoms with Crippen molar-refractivity contribution in [3.8, 4) is 11.4 Å².